The number of hydrogen-bond donors (Lipinski definition) is 0. The number of pyridine rings is 1. The molecule has 0 N–H and O–H groups in total. The van der Waals surface area contributed by atoms with Crippen molar-refractivity contribution in [3.8, 4) is 0 Å². The van der Waals surface area contributed by atoms with Crippen molar-refractivity contribution in [2.45, 2.75) is 38.5 Å². The van der Waals surface area contributed by atoms with E-state index in [1.807, 2.05) is 37.3 Å². The van der Waals surface area contributed by atoms with Crippen molar-refractivity contribution in [3.05, 3.63) is 77.3 Å². The zero-order chi connectivity index (χ0) is 20.4. The molecule has 148 valence electrons. The molecule has 0 saturated carbocycles. The van der Waals surface area contributed by atoms with Gasteiger partial charge in [-0.15, -0.1) is 0 Å². The van der Waals surface area contributed by atoms with Gasteiger partial charge in [-0.3, -0.25) is 19.6 Å². The van der Waals surface area contributed by atoms with E-state index in [9.17, 15) is 9.59 Å². The van der Waals surface area contributed by atoms with Crippen LogP contribution in [0.1, 0.15) is 49.7 Å². The minimum absolute atomic E-state index is 0.0625. The lowest BCUT2D eigenvalue weighted by Crippen LogP contribution is -2.38. The second-order valence-electron chi connectivity index (χ2n) is 7.54. The van der Waals surface area contributed by atoms with Gasteiger partial charge in [0.2, 0.25) is 0 Å². The van der Waals surface area contributed by atoms with E-state index >= 15 is 0 Å². The van der Waals surface area contributed by atoms with Crippen molar-refractivity contribution < 1.29 is 14.3 Å². The number of aromatic nitrogens is 1. The van der Waals surface area contributed by atoms with Gasteiger partial charge in [0.1, 0.15) is 5.92 Å². The SMILES string of the molecule is CCOC(=O)C1C(C)=NC2=C(C(=O)C[C@H](c3ccccc3)C2)[C@@H]1c1ccncc1. The molecule has 1 aromatic heterocycles. The summed E-state index contributed by atoms with van der Waals surface area (Å²) in [5, 5.41) is 0. The highest BCUT2D eigenvalue weighted by atomic mass is 16.5. The fourth-order valence-electron chi connectivity index (χ4n) is 4.49. The van der Waals surface area contributed by atoms with E-state index in [0.29, 0.717) is 30.7 Å². The number of rotatable bonds is 4. The molecule has 29 heavy (non-hydrogen) atoms. The normalized spacial score (nSPS) is 24.0. The molecule has 2 aromatic rings. The lowest BCUT2D eigenvalue weighted by Gasteiger charge is -2.36. The molecule has 5 heteroatoms. The van der Waals surface area contributed by atoms with E-state index in [1.165, 1.54) is 0 Å². The van der Waals surface area contributed by atoms with Gasteiger partial charge >= 0.3 is 5.97 Å². The van der Waals surface area contributed by atoms with Gasteiger partial charge in [0.05, 0.1) is 6.61 Å². The van der Waals surface area contributed by atoms with Crippen molar-refractivity contribution >= 4 is 17.5 Å². The molecular formula is C24H24N2O3. The smallest absolute Gasteiger partial charge is 0.315 e. The van der Waals surface area contributed by atoms with Gasteiger partial charge in [0.25, 0.3) is 0 Å². The molecule has 4 rings (SSSR count). The van der Waals surface area contributed by atoms with E-state index in [0.717, 1.165) is 16.8 Å². The lowest BCUT2D eigenvalue weighted by atomic mass is 9.69. The summed E-state index contributed by atoms with van der Waals surface area (Å²) in [5.74, 6) is -1.13. The Hall–Kier alpha value is -3.08. The van der Waals surface area contributed by atoms with Crippen LogP contribution in [0.3, 0.4) is 0 Å². The van der Waals surface area contributed by atoms with Crippen molar-refractivity contribution in [1.29, 1.82) is 0 Å². The molecule has 0 bridgehead atoms. The van der Waals surface area contributed by atoms with Crippen molar-refractivity contribution in [2.24, 2.45) is 10.9 Å². The van der Waals surface area contributed by atoms with Crippen LogP contribution in [0.5, 0.6) is 0 Å². The van der Waals surface area contributed by atoms with Crippen LogP contribution >= 0.6 is 0 Å². The fraction of sp³-hybridized carbons (Fsp3) is 0.333. The largest absolute Gasteiger partial charge is 0.465 e. The molecule has 0 spiro atoms. The number of aliphatic imine (C=N–C) groups is 1. The monoisotopic (exact) mass is 388 g/mol. The second kappa shape index (κ2) is 8.11. The van der Waals surface area contributed by atoms with E-state index in [-0.39, 0.29) is 23.6 Å². The van der Waals surface area contributed by atoms with Crippen LogP contribution in [0.4, 0.5) is 0 Å². The molecule has 0 amide bonds. The number of carbonyl (C=O) groups is 2. The fourth-order valence-corrected chi connectivity index (χ4v) is 4.49. The number of carbonyl (C=O) groups excluding carboxylic acids is 2. The summed E-state index contributed by atoms with van der Waals surface area (Å²) in [7, 11) is 0. The topological polar surface area (TPSA) is 68.6 Å². The molecule has 3 atom stereocenters. The minimum Gasteiger partial charge on any atom is -0.465 e. The van der Waals surface area contributed by atoms with Crippen LogP contribution in [0, 0.1) is 5.92 Å². The van der Waals surface area contributed by atoms with Gasteiger partial charge in [0, 0.05) is 41.7 Å². The lowest BCUT2D eigenvalue weighted by molar-refractivity contribution is -0.146. The van der Waals surface area contributed by atoms with E-state index < -0.39 is 5.92 Å². The van der Waals surface area contributed by atoms with Gasteiger partial charge in [-0.05, 0) is 49.4 Å². The average molecular weight is 388 g/mol. The summed E-state index contributed by atoms with van der Waals surface area (Å²) in [5.41, 5.74) is 4.20. The maximum absolute atomic E-state index is 13.3. The Morgan fingerprint density at radius 3 is 2.48 bits per heavy atom. The Kier molecular flexibility index (Phi) is 5.38. The van der Waals surface area contributed by atoms with E-state index in [1.54, 1.807) is 19.3 Å². The average Bonchev–Trinajstić information content (AvgIpc) is 2.74. The summed E-state index contributed by atoms with van der Waals surface area (Å²) >= 11 is 0. The molecule has 2 heterocycles. The quantitative estimate of drug-likeness (QED) is 0.736. The van der Waals surface area contributed by atoms with Crippen LogP contribution in [0.15, 0.2) is 71.1 Å². The van der Waals surface area contributed by atoms with Crippen molar-refractivity contribution in [3.63, 3.8) is 0 Å². The molecule has 1 aromatic carbocycles. The maximum atomic E-state index is 13.3. The van der Waals surface area contributed by atoms with E-state index in [2.05, 4.69) is 17.1 Å². The van der Waals surface area contributed by atoms with Crippen molar-refractivity contribution in [1.82, 2.24) is 4.98 Å². The zero-order valence-electron chi connectivity index (χ0n) is 16.7. The number of hydrogen-bond acceptors (Lipinski definition) is 5. The van der Waals surface area contributed by atoms with Gasteiger partial charge in [-0.1, -0.05) is 30.3 Å². The zero-order valence-corrected chi connectivity index (χ0v) is 16.7. The van der Waals surface area contributed by atoms with Crippen LogP contribution in [-0.4, -0.2) is 29.1 Å². The number of ether oxygens (including phenoxy) is 1. The third kappa shape index (κ3) is 3.65. The highest BCUT2D eigenvalue weighted by Crippen LogP contribution is 2.46. The summed E-state index contributed by atoms with van der Waals surface area (Å²) in [6.07, 6.45) is 4.51. The highest BCUT2D eigenvalue weighted by Gasteiger charge is 2.44. The van der Waals surface area contributed by atoms with Gasteiger partial charge in [-0.25, -0.2) is 0 Å². The van der Waals surface area contributed by atoms with Crippen LogP contribution < -0.4 is 0 Å². The molecule has 0 fully saturated rings. The van der Waals surface area contributed by atoms with E-state index in [4.69, 9.17) is 9.73 Å². The maximum Gasteiger partial charge on any atom is 0.315 e. The Morgan fingerprint density at radius 1 is 1.07 bits per heavy atom. The number of esters is 1. The first-order valence-electron chi connectivity index (χ1n) is 10.0. The number of nitrogens with zero attached hydrogens (tertiary/aromatic N) is 2. The molecule has 0 saturated heterocycles. The Balaban J connectivity index is 1.79. The first-order chi connectivity index (χ1) is 14.1. The minimum atomic E-state index is -0.590. The molecule has 1 aliphatic carbocycles. The Labute approximate surface area is 170 Å². The number of ketones is 1. The molecule has 1 unspecified atom stereocenters. The summed E-state index contributed by atoms with van der Waals surface area (Å²) in [6, 6.07) is 13.8. The molecule has 1 aliphatic heterocycles. The third-order valence-electron chi connectivity index (χ3n) is 5.77. The molecule has 5 nitrogen and oxygen atoms in total. The predicted octanol–water partition coefficient (Wildman–Crippen LogP) is 4.22. The van der Waals surface area contributed by atoms with Crippen LogP contribution in [0.2, 0.25) is 0 Å². The van der Waals surface area contributed by atoms with Crippen molar-refractivity contribution in [2.75, 3.05) is 6.61 Å². The van der Waals surface area contributed by atoms with Crippen LogP contribution in [-0.2, 0) is 14.3 Å². The second-order valence-corrected chi connectivity index (χ2v) is 7.54. The first-order valence-corrected chi connectivity index (χ1v) is 10.0. The number of benzene rings is 1. The predicted molar refractivity (Wildman–Crippen MR) is 111 cm³/mol. The number of allylic oxidation sites excluding steroid dienone is 2. The highest BCUT2D eigenvalue weighted by molar-refractivity contribution is 6.09. The first kappa shape index (κ1) is 19.2. The van der Waals surface area contributed by atoms with Gasteiger partial charge < -0.3 is 4.74 Å². The molecule has 0 radical (unpaired) electrons. The summed E-state index contributed by atoms with van der Waals surface area (Å²) in [6.45, 7) is 3.94. The summed E-state index contributed by atoms with van der Waals surface area (Å²) < 4.78 is 5.34. The number of Topliss-reactive ketones (excluding diaryl/α,β-unsaturated/α-hetero) is 1. The van der Waals surface area contributed by atoms with Crippen LogP contribution in [0.25, 0.3) is 0 Å². The third-order valence-corrected chi connectivity index (χ3v) is 5.77. The summed E-state index contributed by atoms with van der Waals surface area (Å²) in [4.78, 5) is 35.0. The standard InChI is InChI=1S/C24H24N2O3/c1-3-29-24(28)21-15(2)26-19-13-18(16-7-5-4-6-8-16)14-20(27)23(19)22(21)17-9-11-25-12-10-17/h4-12,18,21-22H,3,13-14H2,1-2H3/t18-,21?,22-/m1/s1. The Bertz CT molecular complexity index is 980. The van der Waals surface area contributed by atoms with Gasteiger partial charge in [-0.2, -0.15) is 0 Å². The Morgan fingerprint density at radius 2 is 1.79 bits per heavy atom. The molecular weight excluding hydrogens is 364 g/mol. The molecule has 2 aliphatic rings. The van der Waals surface area contributed by atoms with Gasteiger partial charge in [0.15, 0.2) is 5.78 Å².